The second kappa shape index (κ2) is 5.55. The highest BCUT2D eigenvalue weighted by molar-refractivity contribution is 7.22. The van der Waals surface area contributed by atoms with E-state index in [0.29, 0.717) is 0 Å². The maximum absolute atomic E-state index is 4.42. The number of imidazole rings is 1. The second-order valence-electron chi connectivity index (χ2n) is 4.57. The van der Waals surface area contributed by atoms with Crippen LogP contribution in [0, 0.1) is 0 Å². The number of hydrogen-bond donors (Lipinski definition) is 2. The average molecular weight is 271 g/mol. The zero-order valence-electron chi connectivity index (χ0n) is 10.9. The summed E-state index contributed by atoms with van der Waals surface area (Å²) in [4.78, 5) is 9.06. The zero-order valence-corrected chi connectivity index (χ0v) is 11.8. The van der Waals surface area contributed by atoms with Crippen molar-refractivity contribution >= 4 is 21.4 Å². The number of H-pyrrole nitrogens is 1. The van der Waals surface area contributed by atoms with E-state index in [9.17, 15) is 0 Å². The first-order valence-electron chi connectivity index (χ1n) is 6.60. The first-order chi connectivity index (χ1) is 9.36. The monoisotopic (exact) mass is 271 g/mol. The van der Waals surface area contributed by atoms with Gasteiger partial charge in [-0.3, -0.25) is 0 Å². The van der Waals surface area contributed by atoms with Gasteiger partial charge < -0.3 is 10.3 Å². The van der Waals surface area contributed by atoms with Crippen molar-refractivity contribution in [1.29, 1.82) is 0 Å². The summed E-state index contributed by atoms with van der Waals surface area (Å²) >= 11 is 1.80. The van der Waals surface area contributed by atoms with Crippen molar-refractivity contribution < 1.29 is 0 Å². The fourth-order valence-electron chi connectivity index (χ4n) is 2.08. The number of hydrogen-bond acceptors (Lipinski definition) is 3. The van der Waals surface area contributed by atoms with E-state index in [1.807, 2.05) is 6.20 Å². The van der Waals surface area contributed by atoms with Crippen molar-refractivity contribution in [2.45, 2.75) is 19.9 Å². The molecule has 2 heterocycles. The minimum absolute atomic E-state index is 0.804. The minimum atomic E-state index is 0.804. The molecule has 0 aliphatic heterocycles. The zero-order chi connectivity index (χ0) is 13.1. The minimum Gasteiger partial charge on any atom is -0.340 e. The summed E-state index contributed by atoms with van der Waals surface area (Å²) in [6.45, 7) is 4.00. The molecule has 0 saturated carbocycles. The van der Waals surface area contributed by atoms with Gasteiger partial charge in [0.25, 0.3) is 0 Å². The highest BCUT2D eigenvalue weighted by atomic mass is 32.1. The number of benzene rings is 1. The van der Waals surface area contributed by atoms with E-state index in [-0.39, 0.29) is 0 Å². The van der Waals surface area contributed by atoms with Crippen LogP contribution in [0.15, 0.2) is 36.5 Å². The molecule has 0 bridgehead atoms. The molecular weight excluding hydrogens is 254 g/mol. The van der Waals surface area contributed by atoms with Crippen LogP contribution in [0.3, 0.4) is 0 Å². The second-order valence-corrected chi connectivity index (χ2v) is 5.65. The van der Waals surface area contributed by atoms with E-state index < -0.39 is 0 Å². The molecule has 0 aliphatic carbocycles. The summed E-state index contributed by atoms with van der Waals surface area (Å²) < 4.78 is 1.32. The maximum atomic E-state index is 4.42. The molecule has 0 radical (unpaired) electrons. The van der Waals surface area contributed by atoms with Crippen LogP contribution in [-0.4, -0.2) is 16.5 Å². The van der Waals surface area contributed by atoms with Gasteiger partial charge in [-0.05, 0) is 30.5 Å². The van der Waals surface area contributed by atoms with Crippen LogP contribution in [0.2, 0.25) is 0 Å². The molecule has 4 heteroatoms. The molecule has 0 saturated heterocycles. The Labute approximate surface area is 116 Å². The van der Waals surface area contributed by atoms with Crippen LogP contribution >= 0.6 is 11.3 Å². The molecule has 0 spiro atoms. The lowest BCUT2D eigenvalue weighted by Crippen LogP contribution is -2.14. The molecule has 98 valence electrons. The third-order valence-electron chi connectivity index (χ3n) is 3.04. The Bertz CT molecular complexity index is 636. The third kappa shape index (κ3) is 2.69. The predicted octanol–water partition coefficient (Wildman–Crippen LogP) is 3.79. The van der Waals surface area contributed by atoms with Crippen molar-refractivity contribution in [3.05, 3.63) is 42.4 Å². The first kappa shape index (κ1) is 12.4. The molecule has 3 nitrogen and oxygen atoms in total. The SMILES string of the molecule is CCCNCc1ncc(-c2cc3ccccc3s2)[nH]1. The Balaban J connectivity index is 1.81. The Morgan fingerprint density at radius 1 is 1.32 bits per heavy atom. The molecule has 0 unspecified atom stereocenters. The Hall–Kier alpha value is -1.65. The van der Waals surface area contributed by atoms with Gasteiger partial charge in [-0.1, -0.05) is 25.1 Å². The van der Waals surface area contributed by atoms with Gasteiger partial charge in [-0.25, -0.2) is 4.98 Å². The number of aromatic nitrogens is 2. The molecule has 3 aromatic rings. The number of fused-ring (bicyclic) bond motifs is 1. The molecule has 0 aliphatic rings. The summed E-state index contributed by atoms with van der Waals surface area (Å²) in [5, 5.41) is 4.65. The van der Waals surface area contributed by atoms with Crippen LogP contribution in [0.5, 0.6) is 0 Å². The number of nitrogens with one attached hydrogen (secondary N) is 2. The van der Waals surface area contributed by atoms with Crippen LogP contribution in [0.1, 0.15) is 19.2 Å². The Morgan fingerprint density at radius 2 is 2.21 bits per heavy atom. The quantitative estimate of drug-likeness (QED) is 0.693. The number of thiophene rings is 1. The van der Waals surface area contributed by atoms with Crippen LogP contribution < -0.4 is 5.32 Å². The van der Waals surface area contributed by atoms with Gasteiger partial charge in [0, 0.05) is 4.70 Å². The van der Waals surface area contributed by atoms with Crippen LogP contribution in [0.4, 0.5) is 0 Å². The molecule has 19 heavy (non-hydrogen) atoms. The summed E-state index contributed by atoms with van der Waals surface area (Å²) in [6.07, 6.45) is 3.07. The largest absolute Gasteiger partial charge is 0.340 e. The third-order valence-corrected chi connectivity index (χ3v) is 4.19. The van der Waals surface area contributed by atoms with Gasteiger partial charge in [0.1, 0.15) is 5.82 Å². The van der Waals surface area contributed by atoms with E-state index >= 15 is 0 Å². The molecular formula is C15H17N3S. The number of nitrogens with zero attached hydrogens (tertiary/aromatic N) is 1. The van der Waals surface area contributed by atoms with E-state index in [0.717, 1.165) is 31.0 Å². The van der Waals surface area contributed by atoms with E-state index in [2.05, 4.69) is 52.5 Å². The lowest BCUT2D eigenvalue weighted by molar-refractivity contribution is 0.655. The van der Waals surface area contributed by atoms with E-state index in [1.165, 1.54) is 15.0 Å². The number of rotatable bonds is 5. The van der Waals surface area contributed by atoms with Gasteiger partial charge in [0.2, 0.25) is 0 Å². The topological polar surface area (TPSA) is 40.7 Å². The van der Waals surface area contributed by atoms with Crippen molar-refractivity contribution in [2.24, 2.45) is 0 Å². The van der Waals surface area contributed by atoms with E-state index in [4.69, 9.17) is 0 Å². The molecule has 3 rings (SSSR count). The normalized spacial score (nSPS) is 11.2. The van der Waals surface area contributed by atoms with Crippen molar-refractivity contribution in [2.75, 3.05) is 6.54 Å². The molecule has 0 atom stereocenters. The predicted molar refractivity (Wildman–Crippen MR) is 81.4 cm³/mol. The lowest BCUT2D eigenvalue weighted by Gasteiger charge is -1.98. The summed E-state index contributed by atoms with van der Waals surface area (Å²) in [7, 11) is 0. The molecule has 0 fully saturated rings. The lowest BCUT2D eigenvalue weighted by atomic mass is 10.2. The molecule has 0 amide bonds. The van der Waals surface area contributed by atoms with Crippen LogP contribution in [0.25, 0.3) is 20.7 Å². The Kier molecular flexibility index (Phi) is 3.62. The van der Waals surface area contributed by atoms with Gasteiger partial charge in [0.15, 0.2) is 0 Å². The van der Waals surface area contributed by atoms with Gasteiger partial charge in [-0.2, -0.15) is 0 Å². The first-order valence-corrected chi connectivity index (χ1v) is 7.42. The fourth-order valence-corrected chi connectivity index (χ4v) is 3.10. The highest BCUT2D eigenvalue weighted by Crippen LogP contribution is 2.32. The van der Waals surface area contributed by atoms with Gasteiger partial charge in [-0.15, -0.1) is 11.3 Å². The standard InChI is InChI=1S/C15H17N3S/c1-2-7-16-10-15-17-9-12(18-15)14-8-11-5-3-4-6-13(11)19-14/h3-6,8-9,16H,2,7,10H2,1H3,(H,17,18). The Morgan fingerprint density at radius 3 is 3.05 bits per heavy atom. The summed E-state index contributed by atoms with van der Waals surface area (Å²) in [5.41, 5.74) is 1.11. The van der Waals surface area contributed by atoms with Gasteiger partial charge in [0.05, 0.1) is 23.3 Å². The van der Waals surface area contributed by atoms with Crippen molar-refractivity contribution in [1.82, 2.24) is 15.3 Å². The van der Waals surface area contributed by atoms with E-state index in [1.54, 1.807) is 11.3 Å². The fraction of sp³-hybridized carbons (Fsp3) is 0.267. The average Bonchev–Trinajstić information content (AvgIpc) is 3.04. The highest BCUT2D eigenvalue weighted by Gasteiger charge is 2.07. The van der Waals surface area contributed by atoms with Crippen molar-refractivity contribution in [3.8, 4) is 10.6 Å². The summed E-state index contributed by atoms with van der Waals surface area (Å²) in [6, 6.07) is 10.7. The van der Waals surface area contributed by atoms with Crippen molar-refractivity contribution in [3.63, 3.8) is 0 Å². The number of aromatic amines is 1. The molecule has 1 aromatic carbocycles. The summed E-state index contributed by atoms with van der Waals surface area (Å²) in [5.74, 6) is 1.00. The van der Waals surface area contributed by atoms with Gasteiger partial charge >= 0.3 is 0 Å². The molecule has 2 aromatic heterocycles. The maximum Gasteiger partial charge on any atom is 0.120 e. The van der Waals surface area contributed by atoms with Crippen LogP contribution in [-0.2, 0) is 6.54 Å². The smallest absolute Gasteiger partial charge is 0.120 e. The molecule has 2 N–H and O–H groups in total.